The first-order chi connectivity index (χ1) is 7.40. The maximum Gasteiger partial charge on any atom is 0.412 e. The minimum Gasteiger partial charge on any atom is -0.444 e. The third kappa shape index (κ3) is 4.01. The average Bonchev–Trinajstić information content (AvgIpc) is 2.15. The molecule has 0 atom stereocenters. The van der Waals surface area contributed by atoms with Gasteiger partial charge in [-0.05, 0) is 45.0 Å². The summed E-state index contributed by atoms with van der Waals surface area (Å²) >= 11 is 0. The molecular weight excluding hydrogens is 204 g/mol. The third-order valence-corrected chi connectivity index (χ3v) is 1.56. The topological polar surface area (TPSA) is 62.1 Å². The van der Waals surface area contributed by atoms with Crippen LogP contribution in [-0.4, -0.2) is 11.7 Å². The van der Waals surface area contributed by atoms with Crippen molar-refractivity contribution in [2.45, 2.75) is 26.4 Å². The highest BCUT2D eigenvalue weighted by Gasteiger charge is 2.16. The number of benzene rings is 1. The molecule has 0 spiro atoms. The average molecular weight is 217 g/mol. The van der Waals surface area contributed by atoms with E-state index >= 15 is 0 Å². The fourth-order valence-electron chi connectivity index (χ4n) is 1.03. The first-order valence-electron chi connectivity index (χ1n) is 4.82. The van der Waals surface area contributed by atoms with Crippen LogP contribution in [0.1, 0.15) is 26.3 Å². The van der Waals surface area contributed by atoms with E-state index in [4.69, 9.17) is 10.00 Å². The fourth-order valence-corrected chi connectivity index (χ4v) is 1.03. The van der Waals surface area contributed by atoms with Crippen LogP contribution in [0.15, 0.2) is 18.2 Å². The lowest BCUT2D eigenvalue weighted by molar-refractivity contribution is 0.0636. The molecule has 1 amide bonds. The summed E-state index contributed by atoms with van der Waals surface area (Å²) in [5.41, 5.74) is 0.391. The Morgan fingerprint density at radius 3 is 2.75 bits per heavy atom. The van der Waals surface area contributed by atoms with Crippen molar-refractivity contribution in [2.75, 3.05) is 5.32 Å². The molecule has 0 aromatic heterocycles. The normalized spacial score (nSPS) is 10.4. The van der Waals surface area contributed by atoms with Crippen molar-refractivity contribution in [3.8, 4) is 6.07 Å². The summed E-state index contributed by atoms with van der Waals surface area (Å²) in [7, 11) is 0. The molecule has 0 unspecified atom stereocenters. The number of carbonyl (C=O) groups excluding carboxylic acids is 1. The van der Waals surface area contributed by atoms with Gasteiger partial charge in [-0.15, -0.1) is 0 Å². The number of nitrogens with zero attached hydrogens (tertiary/aromatic N) is 1. The number of hydrogen-bond donors (Lipinski definition) is 1. The van der Waals surface area contributed by atoms with E-state index in [2.05, 4.69) is 11.4 Å². The molecule has 0 saturated heterocycles. The van der Waals surface area contributed by atoms with Crippen LogP contribution in [0, 0.1) is 17.4 Å². The molecule has 0 aliphatic rings. The Bertz CT molecular complexity index is 427. The number of rotatable bonds is 1. The zero-order valence-corrected chi connectivity index (χ0v) is 9.50. The van der Waals surface area contributed by atoms with Crippen molar-refractivity contribution in [1.82, 2.24) is 0 Å². The summed E-state index contributed by atoms with van der Waals surface area (Å²) in [5, 5.41) is 11.2. The molecule has 4 nitrogen and oxygen atoms in total. The second-order valence-electron chi connectivity index (χ2n) is 4.25. The van der Waals surface area contributed by atoms with Crippen molar-refractivity contribution in [2.24, 2.45) is 0 Å². The number of nitriles is 1. The molecule has 83 valence electrons. The first-order valence-corrected chi connectivity index (χ1v) is 4.82. The molecule has 0 fully saturated rings. The molecule has 0 saturated carbocycles. The number of hydrogen-bond acceptors (Lipinski definition) is 3. The standard InChI is InChI=1S/C12H13N2O2/c1-12(2,3)16-11(15)14-10-6-4-5-9(7-10)8-13/h5-7H,1-3H3,(H,14,15). The Morgan fingerprint density at radius 2 is 2.19 bits per heavy atom. The van der Waals surface area contributed by atoms with E-state index < -0.39 is 11.7 Å². The first kappa shape index (κ1) is 12.1. The van der Waals surface area contributed by atoms with Gasteiger partial charge in [-0.2, -0.15) is 5.26 Å². The summed E-state index contributed by atoms with van der Waals surface area (Å²) in [6.45, 7) is 5.35. The van der Waals surface area contributed by atoms with Gasteiger partial charge in [-0.1, -0.05) is 0 Å². The summed E-state index contributed by atoms with van der Waals surface area (Å²) in [6, 6.07) is 9.39. The molecule has 1 N–H and O–H groups in total. The Balaban J connectivity index is 2.67. The quantitative estimate of drug-likeness (QED) is 0.786. The van der Waals surface area contributed by atoms with Gasteiger partial charge in [0.15, 0.2) is 0 Å². The van der Waals surface area contributed by atoms with Gasteiger partial charge in [0.1, 0.15) is 5.60 Å². The van der Waals surface area contributed by atoms with E-state index in [0.717, 1.165) is 0 Å². The molecular formula is C12H13N2O2. The van der Waals surface area contributed by atoms with Crippen molar-refractivity contribution in [3.63, 3.8) is 0 Å². The van der Waals surface area contributed by atoms with Crippen LogP contribution in [-0.2, 0) is 4.74 Å². The number of ether oxygens (including phenoxy) is 1. The molecule has 1 radical (unpaired) electrons. The zero-order chi connectivity index (χ0) is 12.2. The second-order valence-corrected chi connectivity index (χ2v) is 4.25. The van der Waals surface area contributed by atoms with Gasteiger partial charge in [-0.25, -0.2) is 4.79 Å². The van der Waals surface area contributed by atoms with Crippen molar-refractivity contribution < 1.29 is 9.53 Å². The van der Waals surface area contributed by atoms with Gasteiger partial charge in [0, 0.05) is 5.69 Å². The number of amides is 1. The highest BCUT2D eigenvalue weighted by atomic mass is 16.6. The Morgan fingerprint density at radius 1 is 1.50 bits per heavy atom. The minimum absolute atomic E-state index is 0.438. The summed E-state index contributed by atoms with van der Waals surface area (Å²) in [6.07, 6.45) is -0.545. The lowest BCUT2D eigenvalue weighted by atomic mass is 10.2. The Labute approximate surface area is 94.8 Å². The molecule has 4 heteroatoms. The number of carbonyl (C=O) groups is 1. The monoisotopic (exact) mass is 217 g/mol. The van der Waals surface area contributed by atoms with Gasteiger partial charge in [0.2, 0.25) is 0 Å². The van der Waals surface area contributed by atoms with Gasteiger partial charge < -0.3 is 4.74 Å². The van der Waals surface area contributed by atoms with Crippen LogP contribution < -0.4 is 5.32 Å². The maximum atomic E-state index is 11.4. The highest BCUT2D eigenvalue weighted by molar-refractivity contribution is 5.85. The van der Waals surface area contributed by atoms with E-state index in [1.807, 2.05) is 6.07 Å². The predicted molar refractivity (Wildman–Crippen MR) is 59.8 cm³/mol. The van der Waals surface area contributed by atoms with Crippen LogP contribution >= 0.6 is 0 Å². The van der Waals surface area contributed by atoms with Crippen LogP contribution in [0.5, 0.6) is 0 Å². The van der Waals surface area contributed by atoms with E-state index in [1.54, 1.807) is 39.0 Å². The minimum atomic E-state index is -0.545. The fraction of sp³-hybridized carbons (Fsp3) is 0.333. The molecule has 0 aliphatic heterocycles. The van der Waals surface area contributed by atoms with Crippen molar-refractivity contribution in [1.29, 1.82) is 5.26 Å². The zero-order valence-electron chi connectivity index (χ0n) is 9.50. The van der Waals surface area contributed by atoms with Crippen LogP contribution in [0.4, 0.5) is 10.5 Å². The smallest absolute Gasteiger partial charge is 0.412 e. The van der Waals surface area contributed by atoms with Crippen LogP contribution in [0.2, 0.25) is 0 Å². The van der Waals surface area contributed by atoms with Gasteiger partial charge in [-0.3, -0.25) is 5.32 Å². The molecule has 0 heterocycles. The van der Waals surface area contributed by atoms with Crippen molar-refractivity contribution in [3.05, 3.63) is 29.8 Å². The summed E-state index contributed by atoms with van der Waals surface area (Å²) in [4.78, 5) is 11.4. The van der Waals surface area contributed by atoms with Crippen molar-refractivity contribution >= 4 is 11.8 Å². The molecule has 1 aromatic rings. The molecule has 1 aromatic carbocycles. The predicted octanol–water partition coefficient (Wildman–Crippen LogP) is 2.71. The molecule has 1 rings (SSSR count). The highest BCUT2D eigenvalue weighted by Crippen LogP contribution is 2.12. The van der Waals surface area contributed by atoms with Crippen LogP contribution in [0.3, 0.4) is 0 Å². The lowest BCUT2D eigenvalue weighted by Gasteiger charge is -2.19. The van der Waals surface area contributed by atoms with Gasteiger partial charge >= 0.3 is 6.09 Å². The molecule has 0 bridgehead atoms. The van der Waals surface area contributed by atoms with E-state index in [-0.39, 0.29) is 0 Å². The number of nitrogens with one attached hydrogen (secondary N) is 1. The van der Waals surface area contributed by atoms with Gasteiger partial charge in [0.25, 0.3) is 0 Å². The van der Waals surface area contributed by atoms with E-state index in [1.165, 1.54) is 0 Å². The van der Waals surface area contributed by atoms with Gasteiger partial charge in [0.05, 0.1) is 11.6 Å². The van der Waals surface area contributed by atoms with E-state index in [9.17, 15) is 4.79 Å². The lowest BCUT2D eigenvalue weighted by Crippen LogP contribution is -2.27. The molecule has 0 aliphatic carbocycles. The Hall–Kier alpha value is -2.02. The number of anilines is 1. The molecule has 16 heavy (non-hydrogen) atoms. The summed E-state index contributed by atoms with van der Waals surface area (Å²) < 4.78 is 5.07. The second kappa shape index (κ2) is 4.67. The largest absolute Gasteiger partial charge is 0.444 e. The summed E-state index contributed by atoms with van der Waals surface area (Å²) in [5.74, 6) is 0. The van der Waals surface area contributed by atoms with E-state index in [0.29, 0.717) is 11.3 Å². The van der Waals surface area contributed by atoms with Crippen LogP contribution in [0.25, 0.3) is 0 Å². The third-order valence-electron chi connectivity index (χ3n) is 1.56. The Kier molecular flexibility index (Phi) is 3.51. The SMILES string of the molecule is CC(C)(C)OC(=O)Nc1c[c]cc(C#N)c1. The maximum absolute atomic E-state index is 11.4.